The van der Waals surface area contributed by atoms with Gasteiger partial charge in [-0.05, 0) is 36.1 Å². The van der Waals surface area contributed by atoms with Crippen LogP contribution in [0.3, 0.4) is 0 Å². The fourth-order valence-corrected chi connectivity index (χ4v) is 3.48. The Morgan fingerprint density at radius 3 is 2.11 bits per heavy atom. The van der Waals surface area contributed by atoms with Crippen molar-refractivity contribution in [2.45, 2.75) is 58.3 Å². The highest BCUT2D eigenvalue weighted by molar-refractivity contribution is 5.93. The number of rotatable bonds is 12. The first kappa shape index (κ1) is 29.2. The molecule has 0 aliphatic carbocycles. The Morgan fingerprint density at radius 2 is 1.51 bits per heavy atom. The average Bonchev–Trinajstić information content (AvgIpc) is 2.90. The van der Waals surface area contributed by atoms with Gasteiger partial charge in [-0.25, -0.2) is 9.59 Å². The molecule has 10 nitrogen and oxygen atoms in total. The molecule has 0 aliphatic rings. The van der Waals surface area contributed by atoms with Crippen LogP contribution in [0.15, 0.2) is 54.6 Å². The summed E-state index contributed by atoms with van der Waals surface area (Å²) in [7, 11) is 1.22. The normalized spacial score (nSPS) is 13.8. The van der Waals surface area contributed by atoms with Crippen LogP contribution in [0.4, 0.5) is 4.79 Å². The van der Waals surface area contributed by atoms with E-state index in [1.54, 1.807) is 31.2 Å². The predicted octanol–water partition coefficient (Wildman–Crippen LogP) is 2.44. The highest BCUT2D eigenvalue weighted by Crippen LogP contribution is 2.13. The van der Waals surface area contributed by atoms with Crippen molar-refractivity contribution in [3.63, 3.8) is 0 Å². The van der Waals surface area contributed by atoms with E-state index in [0.717, 1.165) is 5.56 Å². The molecule has 0 saturated heterocycles. The number of aromatic hydroxyl groups is 1. The van der Waals surface area contributed by atoms with Crippen LogP contribution < -0.4 is 16.0 Å². The third kappa shape index (κ3) is 9.47. The Bertz CT molecular complexity index is 1040. The molecule has 0 aliphatic heterocycles. The lowest BCUT2D eigenvalue weighted by Crippen LogP contribution is -2.57. The molecule has 4 N–H and O–H groups in total. The summed E-state index contributed by atoms with van der Waals surface area (Å²) in [6.45, 7) is 5.17. The summed E-state index contributed by atoms with van der Waals surface area (Å²) in [5.41, 5.74) is 1.45. The summed E-state index contributed by atoms with van der Waals surface area (Å²) in [6.07, 6.45) is -0.147. The highest BCUT2D eigenvalue weighted by atomic mass is 16.5. The Labute approximate surface area is 216 Å². The summed E-state index contributed by atoms with van der Waals surface area (Å²) in [5.74, 6) is -1.97. The maximum atomic E-state index is 13.3. The first-order chi connectivity index (χ1) is 17.6. The van der Waals surface area contributed by atoms with Gasteiger partial charge in [0.05, 0.1) is 7.11 Å². The van der Waals surface area contributed by atoms with E-state index in [9.17, 15) is 24.3 Å². The van der Waals surface area contributed by atoms with Crippen LogP contribution in [0.1, 0.15) is 38.3 Å². The number of hydrogen-bond acceptors (Lipinski definition) is 7. The topological polar surface area (TPSA) is 143 Å². The van der Waals surface area contributed by atoms with Crippen molar-refractivity contribution in [3.8, 4) is 5.75 Å². The third-order valence-electron chi connectivity index (χ3n) is 5.90. The molecule has 0 aromatic heterocycles. The van der Waals surface area contributed by atoms with Crippen LogP contribution in [-0.4, -0.2) is 54.2 Å². The van der Waals surface area contributed by atoms with Gasteiger partial charge in [-0.1, -0.05) is 62.7 Å². The fourth-order valence-electron chi connectivity index (χ4n) is 3.48. The van der Waals surface area contributed by atoms with Crippen LogP contribution in [0.5, 0.6) is 5.75 Å². The molecule has 3 amide bonds. The lowest BCUT2D eigenvalue weighted by molar-refractivity contribution is -0.145. The van der Waals surface area contributed by atoms with E-state index in [1.165, 1.54) is 26.2 Å². The molecule has 10 heteroatoms. The summed E-state index contributed by atoms with van der Waals surface area (Å²) in [6, 6.07) is 12.3. The molecule has 1 unspecified atom stereocenters. The number of carbonyl (C=O) groups is 4. The Morgan fingerprint density at radius 1 is 0.865 bits per heavy atom. The van der Waals surface area contributed by atoms with Crippen molar-refractivity contribution in [1.29, 1.82) is 0 Å². The fraction of sp³-hybridized carbons (Fsp3) is 0.407. The zero-order valence-electron chi connectivity index (χ0n) is 21.5. The van der Waals surface area contributed by atoms with Gasteiger partial charge in [-0.15, -0.1) is 0 Å². The standard InChI is InChI=1S/C27H35N3O7/c1-5-17(2)23(25(33)28-18(3)26(34)36-4)30-24(32)22(15-19-11-13-21(31)14-12-19)29-27(35)37-16-20-9-7-6-8-10-20/h6-14,17-18,22-23,31H,5,15-16H2,1-4H3,(H,28,33)(H,29,35)(H,30,32)/t17?,18-,22-,23-/m0/s1. The monoisotopic (exact) mass is 513 g/mol. The number of phenols is 1. The third-order valence-corrected chi connectivity index (χ3v) is 5.90. The number of ether oxygens (including phenoxy) is 2. The summed E-state index contributed by atoms with van der Waals surface area (Å²) in [4.78, 5) is 50.6. The molecule has 0 fully saturated rings. The molecular weight excluding hydrogens is 478 g/mol. The minimum Gasteiger partial charge on any atom is -0.508 e. The molecule has 2 rings (SSSR count). The van der Waals surface area contributed by atoms with E-state index in [1.807, 2.05) is 25.1 Å². The number of phenolic OH excluding ortho intramolecular Hbond substituents is 1. The lowest BCUT2D eigenvalue weighted by Gasteiger charge is -2.27. The maximum absolute atomic E-state index is 13.3. The molecule has 0 heterocycles. The number of carbonyl (C=O) groups excluding carboxylic acids is 4. The zero-order chi connectivity index (χ0) is 27.4. The zero-order valence-corrected chi connectivity index (χ0v) is 21.5. The van der Waals surface area contributed by atoms with Crippen molar-refractivity contribution in [2.24, 2.45) is 5.92 Å². The molecule has 2 aromatic carbocycles. The minimum absolute atomic E-state index is 0.0174. The van der Waals surface area contributed by atoms with E-state index < -0.39 is 42.0 Å². The Balaban J connectivity index is 2.17. The van der Waals surface area contributed by atoms with E-state index in [2.05, 4.69) is 20.7 Å². The number of alkyl carbamates (subject to hydrolysis) is 1. The van der Waals surface area contributed by atoms with Gasteiger partial charge in [-0.3, -0.25) is 9.59 Å². The summed E-state index contributed by atoms with van der Waals surface area (Å²) in [5, 5.41) is 17.4. The Hall–Kier alpha value is -4.08. The number of amides is 3. The van der Waals surface area contributed by atoms with Crippen molar-refractivity contribution in [3.05, 3.63) is 65.7 Å². The van der Waals surface area contributed by atoms with E-state index in [-0.39, 0.29) is 24.7 Å². The molecule has 2 aromatic rings. The van der Waals surface area contributed by atoms with Gasteiger partial charge in [0.1, 0.15) is 30.5 Å². The second-order valence-electron chi connectivity index (χ2n) is 8.75. The predicted molar refractivity (Wildman–Crippen MR) is 136 cm³/mol. The van der Waals surface area contributed by atoms with Crippen LogP contribution in [0, 0.1) is 5.92 Å². The van der Waals surface area contributed by atoms with Gasteiger partial charge < -0.3 is 30.5 Å². The van der Waals surface area contributed by atoms with Crippen molar-refractivity contribution >= 4 is 23.9 Å². The van der Waals surface area contributed by atoms with Gasteiger partial charge in [0.15, 0.2) is 0 Å². The van der Waals surface area contributed by atoms with Crippen LogP contribution in [0.25, 0.3) is 0 Å². The number of methoxy groups -OCH3 is 1. The maximum Gasteiger partial charge on any atom is 0.408 e. The summed E-state index contributed by atoms with van der Waals surface area (Å²) >= 11 is 0. The highest BCUT2D eigenvalue weighted by Gasteiger charge is 2.31. The van der Waals surface area contributed by atoms with Crippen molar-refractivity contribution in [2.75, 3.05) is 7.11 Å². The molecular formula is C27H35N3O7. The number of nitrogens with one attached hydrogen (secondary N) is 3. The van der Waals surface area contributed by atoms with E-state index in [0.29, 0.717) is 12.0 Å². The summed E-state index contributed by atoms with van der Waals surface area (Å²) < 4.78 is 9.93. The SMILES string of the molecule is CCC(C)[C@H](NC(=O)[C@H](Cc1ccc(O)cc1)NC(=O)OCc1ccccc1)C(=O)N[C@@H](C)C(=O)OC. The second kappa shape index (κ2) is 14.5. The van der Waals surface area contributed by atoms with Gasteiger partial charge in [0.25, 0.3) is 0 Å². The van der Waals surface area contributed by atoms with Gasteiger partial charge in [-0.2, -0.15) is 0 Å². The molecule has 0 spiro atoms. The first-order valence-electron chi connectivity index (χ1n) is 12.1. The second-order valence-corrected chi connectivity index (χ2v) is 8.75. The quantitative estimate of drug-likeness (QED) is 0.319. The largest absolute Gasteiger partial charge is 0.508 e. The van der Waals surface area contributed by atoms with Crippen molar-refractivity contribution < 1.29 is 33.8 Å². The minimum atomic E-state index is -1.08. The van der Waals surface area contributed by atoms with Gasteiger partial charge >= 0.3 is 12.1 Å². The van der Waals surface area contributed by atoms with Crippen molar-refractivity contribution in [1.82, 2.24) is 16.0 Å². The van der Waals surface area contributed by atoms with E-state index >= 15 is 0 Å². The first-order valence-corrected chi connectivity index (χ1v) is 12.1. The number of esters is 1. The Kier molecular flexibility index (Phi) is 11.4. The van der Waals surface area contributed by atoms with Gasteiger partial charge in [0.2, 0.25) is 11.8 Å². The molecule has 37 heavy (non-hydrogen) atoms. The lowest BCUT2D eigenvalue weighted by atomic mass is 9.97. The molecule has 200 valence electrons. The van der Waals surface area contributed by atoms with Crippen LogP contribution >= 0.6 is 0 Å². The number of benzene rings is 2. The van der Waals surface area contributed by atoms with Crippen LogP contribution in [0.2, 0.25) is 0 Å². The van der Waals surface area contributed by atoms with E-state index in [4.69, 9.17) is 4.74 Å². The molecule has 0 bridgehead atoms. The molecule has 0 radical (unpaired) electrons. The van der Waals surface area contributed by atoms with Crippen LogP contribution in [-0.2, 0) is 36.9 Å². The number of hydrogen-bond donors (Lipinski definition) is 4. The van der Waals surface area contributed by atoms with Gasteiger partial charge in [0, 0.05) is 6.42 Å². The molecule has 0 saturated carbocycles. The average molecular weight is 514 g/mol. The molecule has 4 atom stereocenters. The smallest absolute Gasteiger partial charge is 0.408 e.